The molecule has 0 radical (unpaired) electrons. The number of carbonyl (C=O) groups excluding carboxylic acids is 2. The van der Waals surface area contributed by atoms with Gasteiger partial charge in [0.1, 0.15) is 11.9 Å². The molecule has 0 bridgehead atoms. The Morgan fingerprint density at radius 3 is 2.58 bits per heavy atom. The molecule has 5 rings (SSSR count). The minimum absolute atomic E-state index is 0.155. The van der Waals surface area contributed by atoms with Gasteiger partial charge in [0, 0.05) is 55.2 Å². The molecule has 4 heterocycles. The minimum Gasteiger partial charge on any atom is -0.396 e. The smallest absolute Gasteiger partial charge is 0.258 e. The zero-order valence-corrected chi connectivity index (χ0v) is 19.8. The molecule has 0 aliphatic carbocycles. The first kappa shape index (κ1) is 23.9. The second-order valence-corrected chi connectivity index (χ2v) is 9.21. The molecule has 36 heavy (non-hydrogen) atoms. The fourth-order valence-corrected chi connectivity index (χ4v) is 5.59. The van der Waals surface area contributed by atoms with Crippen molar-refractivity contribution < 1.29 is 19.1 Å². The Balaban J connectivity index is 1.63. The summed E-state index contributed by atoms with van der Waals surface area (Å²) in [5.74, 6) is -2.73. The number of nitrogens with zero attached hydrogens (tertiary/aromatic N) is 3. The zero-order valence-electron chi connectivity index (χ0n) is 19.8. The topological polar surface area (TPSA) is 105 Å². The Morgan fingerprint density at radius 2 is 1.89 bits per heavy atom. The molecule has 2 amide bonds. The Kier molecular flexibility index (Phi) is 6.40. The standard InChI is InChI=1S/C27H27FN4O4/c1-2-11-30-25(34)24-20(15-33)19-14-31-22(8-7-17(26(31)35)16-9-12-29-13-10-16)23(19)32(24)27(36)18-5-3-4-6-21(18)28/h3-10,12-13,19-20,23-24,33H,2,11,14-15H2,1H3,(H,30,34)/t19-,20-,23+,24-/m0/s1. The average molecular weight is 491 g/mol. The highest BCUT2D eigenvalue weighted by Gasteiger charge is 2.57. The van der Waals surface area contributed by atoms with E-state index in [0.717, 1.165) is 5.56 Å². The van der Waals surface area contributed by atoms with Crippen molar-refractivity contribution in [3.63, 3.8) is 0 Å². The predicted octanol–water partition coefficient (Wildman–Crippen LogP) is 2.38. The van der Waals surface area contributed by atoms with Crippen LogP contribution in [-0.4, -0.2) is 50.6 Å². The molecule has 2 aliphatic rings. The van der Waals surface area contributed by atoms with E-state index in [1.165, 1.54) is 23.1 Å². The number of aromatic nitrogens is 2. The molecule has 8 nitrogen and oxygen atoms in total. The number of pyridine rings is 2. The third kappa shape index (κ3) is 3.80. The number of aliphatic hydroxyl groups excluding tert-OH is 1. The van der Waals surface area contributed by atoms with Gasteiger partial charge >= 0.3 is 0 Å². The van der Waals surface area contributed by atoms with Crippen LogP contribution in [0.3, 0.4) is 0 Å². The molecule has 2 aliphatic heterocycles. The van der Waals surface area contributed by atoms with Gasteiger partial charge in [-0.25, -0.2) is 4.39 Å². The molecular weight excluding hydrogens is 463 g/mol. The van der Waals surface area contributed by atoms with Crippen LogP contribution in [0.4, 0.5) is 4.39 Å². The van der Waals surface area contributed by atoms with Crippen LogP contribution in [0.2, 0.25) is 0 Å². The molecule has 0 spiro atoms. The molecule has 4 atom stereocenters. The van der Waals surface area contributed by atoms with Gasteiger partial charge in [-0.2, -0.15) is 0 Å². The van der Waals surface area contributed by atoms with Gasteiger partial charge in [0.2, 0.25) is 5.91 Å². The molecule has 1 saturated heterocycles. The van der Waals surface area contributed by atoms with Crippen molar-refractivity contribution in [2.45, 2.75) is 32.0 Å². The number of fused-ring (bicyclic) bond motifs is 3. The maximum Gasteiger partial charge on any atom is 0.258 e. The number of aliphatic hydroxyl groups is 1. The molecule has 0 saturated carbocycles. The van der Waals surface area contributed by atoms with E-state index >= 15 is 0 Å². The second-order valence-electron chi connectivity index (χ2n) is 9.21. The highest BCUT2D eigenvalue weighted by atomic mass is 19.1. The van der Waals surface area contributed by atoms with E-state index in [0.29, 0.717) is 24.2 Å². The van der Waals surface area contributed by atoms with Crippen molar-refractivity contribution in [2.24, 2.45) is 11.8 Å². The predicted molar refractivity (Wildman–Crippen MR) is 130 cm³/mol. The summed E-state index contributed by atoms with van der Waals surface area (Å²) in [6.07, 6.45) is 3.92. The van der Waals surface area contributed by atoms with E-state index in [1.54, 1.807) is 47.3 Å². The van der Waals surface area contributed by atoms with E-state index < -0.39 is 35.6 Å². The number of benzene rings is 1. The minimum atomic E-state index is -0.993. The molecule has 1 fully saturated rings. The van der Waals surface area contributed by atoms with Crippen molar-refractivity contribution in [3.05, 3.63) is 88.4 Å². The summed E-state index contributed by atoms with van der Waals surface area (Å²) in [5.41, 5.74) is 1.40. The fourth-order valence-electron chi connectivity index (χ4n) is 5.59. The van der Waals surface area contributed by atoms with Gasteiger partial charge in [0.15, 0.2) is 0 Å². The van der Waals surface area contributed by atoms with Crippen molar-refractivity contribution in [1.82, 2.24) is 19.8 Å². The van der Waals surface area contributed by atoms with Gasteiger partial charge in [0.25, 0.3) is 11.5 Å². The largest absolute Gasteiger partial charge is 0.396 e. The van der Waals surface area contributed by atoms with Gasteiger partial charge in [-0.05, 0) is 48.4 Å². The SMILES string of the molecule is CCCNC(=O)[C@@H]1[C@@H](CO)[C@@H]2Cn3c(ccc(-c4ccncc4)c3=O)[C@@H]2N1C(=O)c1ccccc1F. The monoisotopic (exact) mass is 490 g/mol. The lowest BCUT2D eigenvalue weighted by atomic mass is 9.88. The van der Waals surface area contributed by atoms with Crippen molar-refractivity contribution in [1.29, 1.82) is 0 Å². The number of nitrogens with one attached hydrogen (secondary N) is 1. The number of amides is 2. The van der Waals surface area contributed by atoms with Crippen LogP contribution in [0.25, 0.3) is 11.1 Å². The molecular formula is C27H27FN4O4. The number of halogens is 1. The number of hydrogen-bond donors (Lipinski definition) is 2. The third-order valence-electron chi connectivity index (χ3n) is 7.22. The van der Waals surface area contributed by atoms with Crippen molar-refractivity contribution in [2.75, 3.05) is 13.2 Å². The maximum atomic E-state index is 14.7. The number of likely N-dealkylation sites (tertiary alicyclic amines) is 1. The van der Waals surface area contributed by atoms with Crippen molar-refractivity contribution in [3.8, 4) is 11.1 Å². The molecule has 9 heteroatoms. The van der Waals surface area contributed by atoms with Gasteiger partial charge in [0.05, 0.1) is 11.6 Å². The van der Waals surface area contributed by atoms with Gasteiger partial charge in [-0.3, -0.25) is 19.4 Å². The highest BCUT2D eigenvalue weighted by molar-refractivity contribution is 5.98. The lowest BCUT2D eigenvalue weighted by Gasteiger charge is -2.31. The first-order valence-corrected chi connectivity index (χ1v) is 12.1. The summed E-state index contributed by atoms with van der Waals surface area (Å²) < 4.78 is 16.3. The summed E-state index contributed by atoms with van der Waals surface area (Å²) in [6.45, 7) is 2.21. The van der Waals surface area contributed by atoms with Gasteiger partial charge < -0.3 is 19.9 Å². The van der Waals surface area contributed by atoms with Crippen LogP contribution >= 0.6 is 0 Å². The first-order valence-electron chi connectivity index (χ1n) is 12.1. The summed E-state index contributed by atoms with van der Waals surface area (Å²) in [6, 6.07) is 11.0. The summed E-state index contributed by atoms with van der Waals surface area (Å²) >= 11 is 0. The average Bonchev–Trinajstić information content (AvgIpc) is 3.43. The Hall–Kier alpha value is -3.85. The second kappa shape index (κ2) is 9.66. The molecule has 1 aromatic carbocycles. The van der Waals surface area contributed by atoms with Gasteiger partial charge in [-0.1, -0.05) is 19.1 Å². The van der Waals surface area contributed by atoms with Crippen LogP contribution in [0, 0.1) is 17.7 Å². The zero-order chi connectivity index (χ0) is 25.4. The Bertz CT molecular complexity index is 1360. The van der Waals surface area contributed by atoms with Crippen LogP contribution in [-0.2, 0) is 11.3 Å². The molecule has 0 unspecified atom stereocenters. The fraction of sp³-hybridized carbons (Fsp3) is 0.333. The first-order chi connectivity index (χ1) is 17.5. The Labute approximate surface area is 207 Å². The van der Waals surface area contributed by atoms with Crippen LogP contribution in [0.5, 0.6) is 0 Å². The summed E-state index contributed by atoms with van der Waals surface area (Å²) in [4.78, 5) is 45.9. The maximum absolute atomic E-state index is 14.7. The van der Waals surface area contributed by atoms with Crippen LogP contribution < -0.4 is 10.9 Å². The summed E-state index contributed by atoms with van der Waals surface area (Å²) in [7, 11) is 0. The lowest BCUT2D eigenvalue weighted by Crippen LogP contribution is -2.50. The van der Waals surface area contributed by atoms with Crippen molar-refractivity contribution >= 4 is 11.8 Å². The molecule has 2 aromatic heterocycles. The molecule has 3 aromatic rings. The van der Waals surface area contributed by atoms with Gasteiger partial charge in [-0.15, -0.1) is 0 Å². The molecule has 2 N–H and O–H groups in total. The van der Waals surface area contributed by atoms with Crippen LogP contribution in [0.15, 0.2) is 65.7 Å². The third-order valence-corrected chi connectivity index (χ3v) is 7.22. The van der Waals surface area contributed by atoms with E-state index in [2.05, 4.69) is 10.3 Å². The molecule has 186 valence electrons. The summed E-state index contributed by atoms with van der Waals surface area (Å²) in [5, 5.41) is 13.2. The lowest BCUT2D eigenvalue weighted by molar-refractivity contribution is -0.126. The number of rotatable bonds is 6. The highest BCUT2D eigenvalue weighted by Crippen LogP contribution is 2.50. The Morgan fingerprint density at radius 1 is 1.14 bits per heavy atom. The van der Waals surface area contributed by atoms with E-state index in [-0.39, 0.29) is 30.2 Å². The van der Waals surface area contributed by atoms with E-state index in [9.17, 15) is 23.9 Å². The number of carbonyl (C=O) groups is 2. The van der Waals surface area contributed by atoms with E-state index in [1.807, 2.05) is 6.92 Å². The van der Waals surface area contributed by atoms with Crippen LogP contribution in [0.1, 0.15) is 35.4 Å². The normalized spacial score (nSPS) is 22.2. The quantitative estimate of drug-likeness (QED) is 0.552. The number of hydrogen-bond acceptors (Lipinski definition) is 5. The van der Waals surface area contributed by atoms with E-state index in [4.69, 9.17) is 0 Å².